The molecule has 0 amide bonds. The summed E-state index contributed by atoms with van der Waals surface area (Å²) in [5.74, 6) is 0.645. The quantitative estimate of drug-likeness (QED) is 0.737. The molecule has 126 valence electrons. The van der Waals surface area contributed by atoms with Crippen LogP contribution in [0.2, 0.25) is 0 Å². The van der Waals surface area contributed by atoms with E-state index in [4.69, 9.17) is 4.74 Å². The number of alkyl halides is 3. The minimum absolute atomic E-state index is 0.250. The first kappa shape index (κ1) is 18.8. The van der Waals surface area contributed by atoms with Crippen LogP contribution in [0.3, 0.4) is 0 Å². The largest absolute Gasteiger partial charge is 0.414 e. The molecule has 0 spiro atoms. The molecule has 5 heteroatoms. The Hall–Kier alpha value is -0.290. The maximum Gasteiger partial charge on any atom is 0.414 e. The molecule has 2 nitrogen and oxygen atoms in total. The Labute approximate surface area is 126 Å². The van der Waals surface area contributed by atoms with Crippen LogP contribution in [-0.2, 0) is 4.74 Å². The van der Waals surface area contributed by atoms with Gasteiger partial charge in [-0.25, -0.2) is 0 Å². The van der Waals surface area contributed by atoms with Crippen molar-refractivity contribution in [3.63, 3.8) is 0 Å². The van der Waals surface area contributed by atoms with Crippen molar-refractivity contribution < 1.29 is 17.9 Å². The molecule has 0 saturated heterocycles. The molecule has 0 aromatic rings. The second kappa shape index (κ2) is 7.82. The molecule has 0 aromatic carbocycles. The number of halogens is 3. The van der Waals surface area contributed by atoms with Crippen LogP contribution in [0.1, 0.15) is 66.2 Å². The molecule has 1 saturated carbocycles. The predicted molar refractivity (Wildman–Crippen MR) is 79.3 cm³/mol. The second-order valence-electron chi connectivity index (χ2n) is 6.75. The Morgan fingerprint density at radius 2 is 1.76 bits per heavy atom. The lowest BCUT2D eigenvalue weighted by atomic mass is 9.76. The van der Waals surface area contributed by atoms with Gasteiger partial charge in [-0.3, -0.25) is 0 Å². The fraction of sp³-hybridized carbons (Fsp3) is 1.00. The summed E-state index contributed by atoms with van der Waals surface area (Å²) in [4.78, 5) is 0. The molecule has 1 aliphatic carbocycles. The monoisotopic (exact) mass is 309 g/mol. The summed E-state index contributed by atoms with van der Waals surface area (Å²) in [5, 5.41) is 3.27. The average Bonchev–Trinajstić information content (AvgIpc) is 2.38. The van der Waals surface area contributed by atoms with Crippen molar-refractivity contribution in [2.75, 3.05) is 6.54 Å². The molecule has 0 bridgehead atoms. The van der Waals surface area contributed by atoms with Crippen LogP contribution in [0.15, 0.2) is 0 Å². The van der Waals surface area contributed by atoms with Crippen LogP contribution < -0.4 is 5.32 Å². The van der Waals surface area contributed by atoms with E-state index >= 15 is 0 Å². The molecular formula is C16H30F3NO. The summed E-state index contributed by atoms with van der Waals surface area (Å²) in [6.07, 6.45) is -0.296. The maximum absolute atomic E-state index is 12.8. The molecule has 1 unspecified atom stereocenters. The van der Waals surface area contributed by atoms with Crippen molar-refractivity contribution in [1.29, 1.82) is 0 Å². The van der Waals surface area contributed by atoms with Crippen molar-refractivity contribution in [1.82, 2.24) is 5.32 Å². The second-order valence-corrected chi connectivity index (χ2v) is 6.75. The first-order valence-corrected chi connectivity index (χ1v) is 8.16. The van der Waals surface area contributed by atoms with E-state index in [0.29, 0.717) is 12.5 Å². The summed E-state index contributed by atoms with van der Waals surface area (Å²) in [5.41, 5.74) is -0.663. The van der Waals surface area contributed by atoms with Crippen LogP contribution in [-0.4, -0.2) is 30.5 Å². The SMILES string of the molecule is CCCC1CCC(CNC(C)C)(OC(C)C(F)(F)F)CC1. The van der Waals surface area contributed by atoms with Gasteiger partial charge in [0.05, 0.1) is 5.60 Å². The van der Waals surface area contributed by atoms with E-state index in [1.807, 2.05) is 13.8 Å². The van der Waals surface area contributed by atoms with Crippen molar-refractivity contribution in [3.8, 4) is 0 Å². The fourth-order valence-corrected chi connectivity index (χ4v) is 3.07. The van der Waals surface area contributed by atoms with E-state index in [0.717, 1.165) is 39.0 Å². The van der Waals surface area contributed by atoms with Gasteiger partial charge in [-0.15, -0.1) is 0 Å². The molecule has 1 N–H and O–H groups in total. The molecule has 0 radical (unpaired) electrons. The number of hydrogen-bond acceptors (Lipinski definition) is 2. The van der Waals surface area contributed by atoms with E-state index in [9.17, 15) is 13.2 Å². The highest BCUT2D eigenvalue weighted by Crippen LogP contribution is 2.39. The summed E-state index contributed by atoms with van der Waals surface area (Å²) >= 11 is 0. The van der Waals surface area contributed by atoms with Crippen molar-refractivity contribution in [2.24, 2.45) is 5.92 Å². The van der Waals surface area contributed by atoms with Crippen LogP contribution in [0.4, 0.5) is 13.2 Å². The van der Waals surface area contributed by atoms with Crippen molar-refractivity contribution >= 4 is 0 Å². The maximum atomic E-state index is 12.8. The minimum atomic E-state index is -4.29. The fourth-order valence-electron chi connectivity index (χ4n) is 3.07. The predicted octanol–water partition coefficient (Wildman–Crippen LogP) is 4.68. The average molecular weight is 309 g/mol. The third-order valence-corrected chi connectivity index (χ3v) is 4.43. The molecule has 1 aliphatic rings. The third-order valence-electron chi connectivity index (χ3n) is 4.43. The molecular weight excluding hydrogens is 279 g/mol. The minimum Gasteiger partial charge on any atom is -0.361 e. The van der Waals surface area contributed by atoms with Gasteiger partial charge in [0, 0.05) is 12.6 Å². The summed E-state index contributed by atoms with van der Waals surface area (Å²) in [6.45, 7) is 7.79. The first-order valence-electron chi connectivity index (χ1n) is 8.16. The normalized spacial score (nSPS) is 28.9. The Morgan fingerprint density at radius 3 is 2.19 bits per heavy atom. The first-order chi connectivity index (χ1) is 9.68. The van der Waals surface area contributed by atoms with Gasteiger partial charge in [-0.2, -0.15) is 13.2 Å². The lowest BCUT2D eigenvalue weighted by Gasteiger charge is -2.42. The molecule has 21 heavy (non-hydrogen) atoms. The topological polar surface area (TPSA) is 21.3 Å². The molecule has 0 heterocycles. The number of ether oxygens (including phenoxy) is 1. The van der Waals surface area contributed by atoms with Gasteiger partial charge < -0.3 is 10.1 Å². The van der Waals surface area contributed by atoms with Gasteiger partial charge in [-0.1, -0.05) is 33.6 Å². The van der Waals surface area contributed by atoms with Gasteiger partial charge >= 0.3 is 6.18 Å². The summed E-state index contributed by atoms with van der Waals surface area (Å²) in [7, 11) is 0. The molecule has 1 rings (SSSR count). The molecule has 1 fully saturated rings. The van der Waals surface area contributed by atoms with E-state index in [1.165, 1.54) is 6.42 Å². The Morgan fingerprint density at radius 1 is 1.19 bits per heavy atom. The van der Waals surface area contributed by atoms with E-state index in [2.05, 4.69) is 12.2 Å². The lowest BCUT2D eigenvalue weighted by molar-refractivity contribution is -0.252. The summed E-state index contributed by atoms with van der Waals surface area (Å²) in [6, 6.07) is 0.250. The van der Waals surface area contributed by atoms with Crippen LogP contribution in [0, 0.1) is 5.92 Å². The number of nitrogens with one attached hydrogen (secondary N) is 1. The lowest BCUT2D eigenvalue weighted by Crippen LogP contribution is -2.51. The number of hydrogen-bond donors (Lipinski definition) is 1. The molecule has 0 aliphatic heterocycles. The molecule has 0 aromatic heterocycles. The van der Waals surface area contributed by atoms with Gasteiger partial charge in [0.15, 0.2) is 6.10 Å². The highest BCUT2D eigenvalue weighted by molar-refractivity contribution is 4.91. The van der Waals surface area contributed by atoms with Gasteiger partial charge in [-0.05, 0) is 38.5 Å². The van der Waals surface area contributed by atoms with E-state index in [1.54, 1.807) is 0 Å². The van der Waals surface area contributed by atoms with Crippen molar-refractivity contribution in [2.45, 2.75) is 90.1 Å². The van der Waals surface area contributed by atoms with Crippen LogP contribution in [0.5, 0.6) is 0 Å². The highest BCUT2D eigenvalue weighted by atomic mass is 19.4. The highest BCUT2D eigenvalue weighted by Gasteiger charge is 2.44. The third kappa shape index (κ3) is 6.15. The van der Waals surface area contributed by atoms with Crippen LogP contribution >= 0.6 is 0 Å². The Kier molecular flexibility index (Phi) is 6.98. The van der Waals surface area contributed by atoms with Crippen LogP contribution in [0.25, 0.3) is 0 Å². The number of rotatable bonds is 7. The summed E-state index contributed by atoms with van der Waals surface area (Å²) < 4.78 is 44.0. The zero-order valence-electron chi connectivity index (χ0n) is 13.7. The Bertz CT molecular complexity index is 296. The standard InChI is InChI=1S/C16H30F3NO/c1-5-6-14-7-9-15(10-8-14,11-20-12(2)3)21-13(4)16(17,18)19/h12-14,20H,5-11H2,1-4H3. The van der Waals surface area contributed by atoms with Gasteiger partial charge in [0.2, 0.25) is 0 Å². The Balaban J connectivity index is 2.68. The zero-order chi connectivity index (χ0) is 16.1. The van der Waals surface area contributed by atoms with Crippen molar-refractivity contribution in [3.05, 3.63) is 0 Å². The zero-order valence-corrected chi connectivity index (χ0v) is 13.7. The molecule has 1 atom stereocenters. The van der Waals surface area contributed by atoms with Gasteiger partial charge in [0.25, 0.3) is 0 Å². The van der Waals surface area contributed by atoms with E-state index in [-0.39, 0.29) is 6.04 Å². The smallest absolute Gasteiger partial charge is 0.361 e. The van der Waals surface area contributed by atoms with Gasteiger partial charge in [0.1, 0.15) is 0 Å². The van der Waals surface area contributed by atoms with E-state index < -0.39 is 17.9 Å².